The van der Waals surface area contributed by atoms with Gasteiger partial charge in [0, 0.05) is 35.4 Å². The fraction of sp³-hybridized carbons (Fsp3) is 0.136. The van der Waals surface area contributed by atoms with Gasteiger partial charge in [-0.15, -0.1) is 11.3 Å². The predicted molar refractivity (Wildman–Crippen MR) is 114 cm³/mol. The van der Waals surface area contributed by atoms with E-state index >= 15 is 0 Å². The lowest BCUT2D eigenvalue weighted by molar-refractivity contribution is -0.120. The third-order valence-corrected chi connectivity index (χ3v) is 6.03. The Morgan fingerprint density at radius 3 is 2.86 bits per heavy atom. The molecule has 144 valence electrons. The number of nitrogens with zero attached hydrogens (tertiary/aromatic N) is 2. The summed E-state index contributed by atoms with van der Waals surface area (Å²) < 4.78 is 0. The molecule has 0 radical (unpaired) electrons. The monoisotopic (exact) mass is 402 g/mol. The van der Waals surface area contributed by atoms with Gasteiger partial charge in [0.2, 0.25) is 5.91 Å². The molecule has 2 aromatic carbocycles. The van der Waals surface area contributed by atoms with Crippen LogP contribution in [0.5, 0.6) is 0 Å². The molecular weight excluding hydrogens is 384 g/mol. The van der Waals surface area contributed by atoms with Gasteiger partial charge in [0.05, 0.1) is 0 Å². The zero-order chi connectivity index (χ0) is 20.0. The molecule has 0 saturated heterocycles. The smallest absolute Gasteiger partial charge is 0.255 e. The molecule has 1 aliphatic rings. The van der Waals surface area contributed by atoms with Crippen molar-refractivity contribution in [2.24, 2.45) is 0 Å². The number of hydrogen-bond acceptors (Lipinski definition) is 4. The van der Waals surface area contributed by atoms with Crippen LogP contribution in [0, 0.1) is 0 Å². The average molecular weight is 402 g/mol. The number of thiazole rings is 1. The van der Waals surface area contributed by atoms with Gasteiger partial charge < -0.3 is 15.2 Å². The van der Waals surface area contributed by atoms with Crippen LogP contribution in [0.25, 0.3) is 22.0 Å². The van der Waals surface area contributed by atoms with Crippen molar-refractivity contribution in [1.82, 2.24) is 14.9 Å². The number of hydrogen-bond donors (Lipinski definition) is 2. The summed E-state index contributed by atoms with van der Waals surface area (Å²) in [5.41, 5.74) is 4.72. The Morgan fingerprint density at radius 2 is 2.03 bits per heavy atom. The van der Waals surface area contributed by atoms with Crippen LogP contribution in [-0.2, 0) is 11.3 Å². The number of H-pyrrole nitrogens is 1. The van der Waals surface area contributed by atoms with Crippen LogP contribution in [0.15, 0.2) is 60.2 Å². The molecule has 1 atom stereocenters. The number of anilines is 1. The zero-order valence-corrected chi connectivity index (χ0v) is 16.5. The topological polar surface area (TPSA) is 78.1 Å². The van der Waals surface area contributed by atoms with E-state index in [1.807, 2.05) is 42.6 Å². The molecule has 0 aliphatic carbocycles. The summed E-state index contributed by atoms with van der Waals surface area (Å²) in [7, 11) is 0. The Balaban J connectivity index is 1.40. The minimum absolute atomic E-state index is 0.119. The second-order valence-electron chi connectivity index (χ2n) is 7.09. The number of carbonyl (C=O) groups excluding carboxylic acids is 2. The van der Waals surface area contributed by atoms with Gasteiger partial charge in [-0.3, -0.25) is 9.59 Å². The van der Waals surface area contributed by atoms with Crippen molar-refractivity contribution in [3.8, 4) is 11.1 Å². The lowest BCUT2D eigenvalue weighted by Gasteiger charge is -2.22. The number of nitrogens with one attached hydrogen (secondary N) is 2. The highest BCUT2D eigenvalue weighted by Crippen LogP contribution is 2.31. The maximum absolute atomic E-state index is 13.0. The molecule has 4 aromatic rings. The Morgan fingerprint density at radius 1 is 1.21 bits per heavy atom. The molecule has 2 amide bonds. The molecule has 7 heteroatoms. The average Bonchev–Trinajstić information content (AvgIpc) is 3.47. The van der Waals surface area contributed by atoms with Crippen molar-refractivity contribution in [2.45, 2.75) is 19.5 Å². The Kier molecular flexibility index (Phi) is 4.17. The van der Waals surface area contributed by atoms with Gasteiger partial charge in [-0.05, 0) is 53.3 Å². The van der Waals surface area contributed by atoms with Crippen LogP contribution in [0.2, 0.25) is 0 Å². The van der Waals surface area contributed by atoms with E-state index in [-0.39, 0.29) is 11.8 Å². The highest BCUT2D eigenvalue weighted by Gasteiger charge is 2.34. The number of fused-ring (bicyclic) bond motifs is 2. The van der Waals surface area contributed by atoms with Gasteiger partial charge in [-0.25, -0.2) is 4.98 Å². The largest absolute Gasteiger partial charge is 0.361 e. The minimum Gasteiger partial charge on any atom is -0.361 e. The number of rotatable bonds is 4. The molecule has 29 heavy (non-hydrogen) atoms. The lowest BCUT2D eigenvalue weighted by Crippen LogP contribution is -2.42. The Hall–Kier alpha value is -3.45. The molecule has 2 aromatic heterocycles. The summed E-state index contributed by atoms with van der Waals surface area (Å²) in [6, 6.07) is 13.6. The summed E-state index contributed by atoms with van der Waals surface area (Å²) >= 11 is 1.35. The van der Waals surface area contributed by atoms with E-state index in [0.29, 0.717) is 17.2 Å². The standard InChI is InChI=1S/C22H18N4O2S/c1-13(20(27)25-22-24-8-9-29-22)26-12-17-3-2-15(11-18(17)21(26)28)14-4-5-19-16(10-14)6-7-23-19/h2-11,13,23H,12H2,1H3,(H,24,25,27)/t13-/m1/s1. The first-order valence-corrected chi connectivity index (χ1v) is 10.2. The van der Waals surface area contributed by atoms with Crippen LogP contribution < -0.4 is 5.32 Å². The third-order valence-electron chi connectivity index (χ3n) is 5.34. The highest BCUT2D eigenvalue weighted by molar-refractivity contribution is 7.13. The number of aromatic nitrogens is 2. The second kappa shape index (κ2) is 6.86. The van der Waals surface area contributed by atoms with Gasteiger partial charge in [-0.1, -0.05) is 18.2 Å². The number of benzene rings is 2. The van der Waals surface area contributed by atoms with E-state index < -0.39 is 6.04 Å². The minimum atomic E-state index is -0.585. The van der Waals surface area contributed by atoms with Crippen LogP contribution in [-0.4, -0.2) is 32.7 Å². The molecule has 5 rings (SSSR count). The maximum Gasteiger partial charge on any atom is 0.255 e. The number of carbonyl (C=O) groups is 2. The molecule has 0 fully saturated rings. The van der Waals surface area contributed by atoms with Crippen molar-refractivity contribution in [3.63, 3.8) is 0 Å². The van der Waals surface area contributed by atoms with Crippen molar-refractivity contribution in [1.29, 1.82) is 0 Å². The Bertz CT molecular complexity index is 1230. The molecule has 6 nitrogen and oxygen atoms in total. The van der Waals surface area contributed by atoms with E-state index in [9.17, 15) is 9.59 Å². The zero-order valence-electron chi connectivity index (χ0n) is 15.7. The normalized spacial score (nSPS) is 14.2. The van der Waals surface area contributed by atoms with Crippen LogP contribution in [0.4, 0.5) is 5.13 Å². The van der Waals surface area contributed by atoms with Gasteiger partial charge in [-0.2, -0.15) is 0 Å². The van der Waals surface area contributed by atoms with Gasteiger partial charge in [0.15, 0.2) is 5.13 Å². The van der Waals surface area contributed by atoms with E-state index in [2.05, 4.69) is 21.4 Å². The molecule has 0 spiro atoms. The molecule has 2 N–H and O–H groups in total. The van der Waals surface area contributed by atoms with Crippen LogP contribution in [0.1, 0.15) is 22.8 Å². The van der Waals surface area contributed by atoms with E-state index in [1.54, 1.807) is 23.4 Å². The van der Waals surface area contributed by atoms with Gasteiger partial charge in [0.25, 0.3) is 5.91 Å². The van der Waals surface area contributed by atoms with Crippen LogP contribution >= 0.6 is 11.3 Å². The highest BCUT2D eigenvalue weighted by atomic mass is 32.1. The van der Waals surface area contributed by atoms with E-state index in [1.165, 1.54) is 11.3 Å². The summed E-state index contributed by atoms with van der Waals surface area (Å²) in [5, 5.41) is 6.23. The SMILES string of the molecule is C[C@H](C(=O)Nc1nccs1)N1Cc2ccc(-c3ccc4[nH]ccc4c3)cc2C1=O. The third kappa shape index (κ3) is 3.09. The van der Waals surface area contributed by atoms with E-state index in [0.717, 1.165) is 27.6 Å². The molecule has 0 saturated carbocycles. The van der Waals surface area contributed by atoms with Gasteiger partial charge >= 0.3 is 0 Å². The summed E-state index contributed by atoms with van der Waals surface area (Å²) in [4.78, 5) is 34.4. The van der Waals surface area contributed by atoms with Crippen molar-refractivity contribution >= 4 is 39.2 Å². The van der Waals surface area contributed by atoms with Crippen molar-refractivity contribution < 1.29 is 9.59 Å². The predicted octanol–water partition coefficient (Wildman–Crippen LogP) is 4.27. The van der Waals surface area contributed by atoms with Crippen molar-refractivity contribution in [3.05, 3.63) is 71.4 Å². The second-order valence-corrected chi connectivity index (χ2v) is 7.98. The molecule has 1 aliphatic heterocycles. The first-order valence-electron chi connectivity index (χ1n) is 9.32. The molecule has 3 heterocycles. The molecule has 0 bridgehead atoms. The fourth-order valence-electron chi connectivity index (χ4n) is 3.69. The molecule has 0 unspecified atom stereocenters. The van der Waals surface area contributed by atoms with Crippen LogP contribution in [0.3, 0.4) is 0 Å². The van der Waals surface area contributed by atoms with E-state index in [4.69, 9.17) is 0 Å². The first kappa shape index (κ1) is 17.6. The molecular formula is C22H18N4O2S. The summed E-state index contributed by atoms with van der Waals surface area (Å²) in [6.07, 6.45) is 3.55. The van der Waals surface area contributed by atoms with Gasteiger partial charge in [0.1, 0.15) is 6.04 Å². The summed E-state index contributed by atoms with van der Waals surface area (Å²) in [6.45, 7) is 2.17. The quantitative estimate of drug-likeness (QED) is 0.535. The van der Waals surface area contributed by atoms with Crippen molar-refractivity contribution in [2.75, 3.05) is 5.32 Å². The number of amides is 2. The number of aromatic amines is 1. The first-order chi connectivity index (χ1) is 14.1. The lowest BCUT2D eigenvalue weighted by atomic mass is 9.99. The maximum atomic E-state index is 13.0. The fourth-order valence-corrected chi connectivity index (χ4v) is 4.22. The summed E-state index contributed by atoms with van der Waals surface area (Å²) in [5.74, 6) is -0.356. The Labute approximate surface area is 171 Å².